The van der Waals surface area contributed by atoms with Crippen LogP contribution in [0.4, 0.5) is 4.39 Å². The van der Waals surface area contributed by atoms with E-state index in [2.05, 4.69) is 11.4 Å². The van der Waals surface area contributed by atoms with Gasteiger partial charge in [-0.25, -0.2) is 4.39 Å². The number of carbonyl (C=O) groups is 1. The maximum Gasteiger partial charge on any atom is 0.225 e. The number of rotatable bonds is 3. The maximum atomic E-state index is 13.6. The van der Waals surface area contributed by atoms with Gasteiger partial charge in [0.05, 0.1) is 12.5 Å². The smallest absolute Gasteiger partial charge is 0.225 e. The SMILES string of the molecule is N#CC1(NC(=O)Cc2ccccc2F)CCCCCCC1. The normalized spacial score (nSPS) is 18.1. The molecule has 0 spiro atoms. The van der Waals surface area contributed by atoms with Crippen LogP contribution in [0.25, 0.3) is 0 Å². The molecule has 0 saturated heterocycles. The third kappa shape index (κ3) is 4.29. The zero-order chi connectivity index (χ0) is 15.1. The van der Waals surface area contributed by atoms with Crippen LogP contribution in [0.3, 0.4) is 0 Å². The quantitative estimate of drug-likeness (QED) is 0.925. The van der Waals surface area contributed by atoms with Gasteiger partial charge in [0.15, 0.2) is 0 Å². The van der Waals surface area contributed by atoms with Crippen LogP contribution in [-0.2, 0) is 11.2 Å². The third-order valence-electron chi connectivity index (χ3n) is 4.11. The number of nitriles is 1. The molecule has 0 unspecified atom stereocenters. The van der Waals surface area contributed by atoms with E-state index >= 15 is 0 Å². The molecule has 1 N–H and O–H groups in total. The molecule has 0 radical (unpaired) electrons. The number of hydrogen-bond acceptors (Lipinski definition) is 2. The summed E-state index contributed by atoms with van der Waals surface area (Å²) in [4.78, 5) is 12.2. The van der Waals surface area contributed by atoms with Crippen LogP contribution in [0.1, 0.15) is 50.5 Å². The van der Waals surface area contributed by atoms with Gasteiger partial charge in [-0.1, -0.05) is 50.3 Å². The Morgan fingerprint density at radius 1 is 1.19 bits per heavy atom. The lowest BCUT2D eigenvalue weighted by atomic mass is 9.85. The van der Waals surface area contributed by atoms with Crippen LogP contribution in [0.2, 0.25) is 0 Å². The van der Waals surface area contributed by atoms with Gasteiger partial charge in [-0.05, 0) is 24.5 Å². The molecule has 0 bridgehead atoms. The van der Waals surface area contributed by atoms with Gasteiger partial charge < -0.3 is 5.32 Å². The van der Waals surface area contributed by atoms with E-state index in [1.807, 2.05) is 0 Å². The molecule has 112 valence electrons. The first-order valence-corrected chi connectivity index (χ1v) is 7.61. The summed E-state index contributed by atoms with van der Waals surface area (Å²) in [5, 5.41) is 12.3. The zero-order valence-corrected chi connectivity index (χ0v) is 12.2. The first kappa shape index (κ1) is 15.5. The standard InChI is InChI=1S/C17H21FN2O/c18-15-9-5-4-8-14(15)12-16(21)20-17(13-19)10-6-2-1-3-7-11-17/h4-5,8-9H,1-3,6-7,10-12H2,(H,20,21). The van der Waals surface area contributed by atoms with Gasteiger partial charge in [-0.15, -0.1) is 0 Å². The van der Waals surface area contributed by atoms with E-state index < -0.39 is 5.54 Å². The maximum absolute atomic E-state index is 13.6. The first-order valence-electron chi connectivity index (χ1n) is 7.61. The molecule has 4 heteroatoms. The summed E-state index contributed by atoms with van der Waals surface area (Å²) in [5.74, 6) is -0.654. The molecule has 0 aliphatic heterocycles. The van der Waals surface area contributed by atoms with Crippen LogP contribution in [0.5, 0.6) is 0 Å². The van der Waals surface area contributed by atoms with Crippen molar-refractivity contribution in [2.75, 3.05) is 0 Å². The fourth-order valence-corrected chi connectivity index (χ4v) is 2.90. The Balaban J connectivity index is 2.02. The van der Waals surface area contributed by atoms with Crippen LogP contribution in [-0.4, -0.2) is 11.4 Å². The molecule has 3 nitrogen and oxygen atoms in total. The Labute approximate surface area is 125 Å². The van der Waals surface area contributed by atoms with Crippen molar-refractivity contribution in [3.05, 3.63) is 35.6 Å². The lowest BCUT2D eigenvalue weighted by molar-refractivity contribution is -0.122. The van der Waals surface area contributed by atoms with E-state index in [0.29, 0.717) is 18.4 Å². The summed E-state index contributed by atoms with van der Waals surface area (Å²) in [5.41, 5.74) is -0.406. The van der Waals surface area contributed by atoms with E-state index in [1.165, 1.54) is 12.5 Å². The van der Waals surface area contributed by atoms with Gasteiger partial charge in [0.1, 0.15) is 11.4 Å². The number of carbonyl (C=O) groups excluding carboxylic acids is 1. The van der Waals surface area contributed by atoms with Gasteiger partial charge in [0.2, 0.25) is 5.91 Å². The van der Waals surface area contributed by atoms with E-state index in [1.54, 1.807) is 18.2 Å². The molecule has 1 amide bonds. The van der Waals surface area contributed by atoms with Crippen molar-refractivity contribution in [3.8, 4) is 6.07 Å². The molecule has 0 heterocycles. The summed E-state index contributed by atoms with van der Waals surface area (Å²) < 4.78 is 13.6. The molecule has 0 atom stereocenters. The molecule has 1 aromatic rings. The minimum absolute atomic E-state index is 0.0178. The van der Waals surface area contributed by atoms with Gasteiger partial charge in [-0.2, -0.15) is 5.26 Å². The Hall–Kier alpha value is -1.89. The summed E-state index contributed by atoms with van der Waals surface area (Å²) in [6.45, 7) is 0. The van der Waals surface area contributed by atoms with Crippen LogP contribution >= 0.6 is 0 Å². The molecule has 1 aliphatic carbocycles. The average Bonchev–Trinajstić information content (AvgIpc) is 2.45. The Morgan fingerprint density at radius 2 is 1.81 bits per heavy atom. The molecule has 0 aromatic heterocycles. The number of nitrogens with one attached hydrogen (secondary N) is 1. The third-order valence-corrected chi connectivity index (χ3v) is 4.11. The van der Waals surface area contributed by atoms with Gasteiger partial charge in [0, 0.05) is 0 Å². The van der Waals surface area contributed by atoms with Crippen molar-refractivity contribution in [1.29, 1.82) is 5.26 Å². The summed E-state index contributed by atoms with van der Waals surface area (Å²) >= 11 is 0. The number of benzene rings is 1. The van der Waals surface area contributed by atoms with Crippen LogP contribution < -0.4 is 5.32 Å². The van der Waals surface area contributed by atoms with Crippen LogP contribution in [0, 0.1) is 17.1 Å². The van der Waals surface area contributed by atoms with Crippen molar-refractivity contribution in [3.63, 3.8) is 0 Å². The van der Waals surface area contributed by atoms with Gasteiger partial charge in [0.25, 0.3) is 0 Å². The highest BCUT2D eigenvalue weighted by molar-refractivity contribution is 5.79. The van der Waals surface area contributed by atoms with Crippen molar-refractivity contribution in [2.24, 2.45) is 0 Å². The predicted octanol–water partition coefficient (Wildman–Crippen LogP) is 3.49. The van der Waals surface area contributed by atoms with Gasteiger partial charge >= 0.3 is 0 Å². The molecule has 1 aromatic carbocycles. The predicted molar refractivity (Wildman–Crippen MR) is 78.9 cm³/mol. The summed E-state index contributed by atoms with van der Waals surface area (Å²) in [7, 11) is 0. The Bertz CT molecular complexity index is 528. The monoisotopic (exact) mass is 288 g/mol. The zero-order valence-electron chi connectivity index (χ0n) is 12.2. The molecule has 1 fully saturated rings. The molecule has 1 saturated carbocycles. The molecule has 1 aliphatic rings. The fraction of sp³-hybridized carbons (Fsp3) is 0.529. The number of hydrogen-bond donors (Lipinski definition) is 1. The first-order chi connectivity index (χ1) is 10.2. The highest BCUT2D eigenvalue weighted by Crippen LogP contribution is 2.26. The molecular weight excluding hydrogens is 267 g/mol. The van der Waals surface area contributed by atoms with E-state index in [-0.39, 0.29) is 18.1 Å². The summed E-state index contributed by atoms with van der Waals surface area (Å²) in [6.07, 6.45) is 6.67. The number of halogens is 1. The molecule has 2 rings (SSSR count). The summed E-state index contributed by atoms with van der Waals surface area (Å²) in [6, 6.07) is 8.55. The lowest BCUT2D eigenvalue weighted by Crippen LogP contribution is -2.48. The average molecular weight is 288 g/mol. The van der Waals surface area contributed by atoms with Crippen molar-refractivity contribution in [1.82, 2.24) is 5.32 Å². The topological polar surface area (TPSA) is 52.9 Å². The largest absolute Gasteiger partial charge is 0.338 e. The van der Waals surface area contributed by atoms with Crippen molar-refractivity contribution in [2.45, 2.75) is 56.9 Å². The van der Waals surface area contributed by atoms with E-state index in [4.69, 9.17) is 0 Å². The van der Waals surface area contributed by atoms with Crippen LogP contribution in [0.15, 0.2) is 24.3 Å². The number of amides is 1. The Morgan fingerprint density at radius 3 is 2.43 bits per heavy atom. The van der Waals surface area contributed by atoms with E-state index in [9.17, 15) is 14.4 Å². The Kier molecular flexibility index (Phi) is 5.32. The fourth-order valence-electron chi connectivity index (χ4n) is 2.90. The second-order valence-corrected chi connectivity index (χ2v) is 5.78. The van der Waals surface area contributed by atoms with Crippen molar-refractivity contribution < 1.29 is 9.18 Å². The number of nitrogens with zero attached hydrogens (tertiary/aromatic N) is 1. The minimum atomic E-state index is -0.775. The second kappa shape index (κ2) is 7.21. The highest BCUT2D eigenvalue weighted by atomic mass is 19.1. The van der Waals surface area contributed by atoms with Crippen molar-refractivity contribution >= 4 is 5.91 Å². The van der Waals surface area contributed by atoms with Gasteiger partial charge in [-0.3, -0.25) is 4.79 Å². The van der Waals surface area contributed by atoms with E-state index in [0.717, 1.165) is 25.7 Å². The minimum Gasteiger partial charge on any atom is -0.338 e. The molecular formula is C17H21FN2O. The molecule has 21 heavy (non-hydrogen) atoms. The lowest BCUT2D eigenvalue weighted by Gasteiger charge is -2.29. The second-order valence-electron chi connectivity index (χ2n) is 5.78. The highest BCUT2D eigenvalue weighted by Gasteiger charge is 2.31.